The summed E-state index contributed by atoms with van der Waals surface area (Å²) in [6.45, 7) is 0.122. The number of hydrogen-bond acceptors (Lipinski definition) is 3. The van der Waals surface area contributed by atoms with E-state index in [9.17, 15) is 4.79 Å². The van der Waals surface area contributed by atoms with Crippen LogP contribution < -0.4 is 5.32 Å². The minimum atomic E-state index is -0.0503. The summed E-state index contributed by atoms with van der Waals surface area (Å²) >= 11 is 3.38. The van der Waals surface area contributed by atoms with Gasteiger partial charge in [-0.3, -0.25) is 9.78 Å². The number of anilines is 1. The fraction of sp³-hybridized carbons (Fsp3) is 0.286. The summed E-state index contributed by atoms with van der Waals surface area (Å²) in [4.78, 5) is 16.1. The van der Waals surface area contributed by atoms with Crippen LogP contribution in [-0.2, 0) is 4.79 Å². The van der Waals surface area contributed by atoms with Crippen molar-refractivity contribution in [3.8, 4) is 0 Å². The van der Waals surface area contributed by atoms with Crippen LogP contribution in [0, 0.1) is 0 Å². The first-order valence-corrected chi connectivity index (χ1v) is 6.95. The molecule has 0 saturated carbocycles. The van der Waals surface area contributed by atoms with Crippen molar-refractivity contribution in [3.05, 3.63) is 34.9 Å². The lowest BCUT2D eigenvalue weighted by molar-refractivity contribution is -0.116. The number of aliphatic hydroxyl groups excluding tert-OH is 1. The topological polar surface area (TPSA) is 62.2 Å². The number of aliphatic hydroxyl groups is 1. The molecule has 4 nitrogen and oxygen atoms in total. The Labute approximate surface area is 120 Å². The standard InChI is InChI=1S/C14H15BrN2O2/c15-11-8-10-4-3-5-12(14(10)16-9-11)17-13(19)6-1-2-7-18/h3-5,8-9,18H,1-2,6-7H2,(H,17,19). The van der Waals surface area contributed by atoms with Gasteiger partial charge in [0, 0.05) is 29.1 Å². The quantitative estimate of drug-likeness (QED) is 0.831. The van der Waals surface area contributed by atoms with Crippen molar-refractivity contribution in [2.75, 3.05) is 11.9 Å². The maximum atomic E-state index is 11.8. The molecule has 0 spiro atoms. The lowest BCUT2D eigenvalue weighted by atomic mass is 10.2. The first kappa shape index (κ1) is 14.0. The molecule has 2 N–H and O–H groups in total. The van der Waals surface area contributed by atoms with Gasteiger partial charge in [0.05, 0.1) is 11.2 Å². The molecule has 1 heterocycles. The molecule has 0 atom stereocenters. The zero-order valence-corrected chi connectivity index (χ0v) is 12.0. The number of pyridine rings is 1. The third-order valence-electron chi connectivity index (χ3n) is 2.76. The van der Waals surface area contributed by atoms with Crippen LogP contribution in [0.5, 0.6) is 0 Å². The monoisotopic (exact) mass is 322 g/mol. The number of amides is 1. The molecule has 2 aromatic rings. The SMILES string of the molecule is O=C(CCCCO)Nc1cccc2cc(Br)cnc12. The Morgan fingerprint density at radius 3 is 3.00 bits per heavy atom. The molecule has 1 amide bonds. The van der Waals surface area contributed by atoms with Crippen LogP contribution in [0.1, 0.15) is 19.3 Å². The van der Waals surface area contributed by atoms with Crippen LogP contribution >= 0.6 is 15.9 Å². The first-order chi connectivity index (χ1) is 9.20. The third kappa shape index (κ3) is 3.75. The Hall–Kier alpha value is -1.46. The number of benzene rings is 1. The van der Waals surface area contributed by atoms with E-state index in [2.05, 4.69) is 26.2 Å². The van der Waals surface area contributed by atoms with E-state index < -0.39 is 0 Å². The molecule has 1 aromatic carbocycles. The number of para-hydroxylation sites is 1. The van der Waals surface area contributed by atoms with Gasteiger partial charge < -0.3 is 10.4 Å². The number of carbonyl (C=O) groups excluding carboxylic acids is 1. The second-order valence-electron chi connectivity index (χ2n) is 4.26. The number of unbranched alkanes of at least 4 members (excludes halogenated alkanes) is 1. The summed E-state index contributed by atoms with van der Waals surface area (Å²) in [5.74, 6) is -0.0503. The zero-order valence-electron chi connectivity index (χ0n) is 10.4. The largest absolute Gasteiger partial charge is 0.396 e. The molecule has 5 heteroatoms. The zero-order chi connectivity index (χ0) is 13.7. The average molecular weight is 323 g/mol. The molecule has 19 heavy (non-hydrogen) atoms. The summed E-state index contributed by atoms with van der Waals surface area (Å²) in [5, 5.41) is 12.5. The van der Waals surface area contributed by atoms with Gasteiger partial charge in [0.25, 0.3) is 0 Å². The van der Waals surface area contributed by atoms with E-state index in [1.807, 2.05) is 24.3 Å². The van der Waals surface area contributed by atoms with Gasteiger partial charge in [-0.05, 0) is 40.9 Å². The lowest BCUT2D eigenvalue weighted by Gasteiger charge is -2.08. The summed E-state index contributed by atoms with van der Waals surface area (Å²) in [6.07, 6.45) is 3.46. The molecule has 0 fully saturated rings. The maximum Gasteiger partial charge on any atom is 0.224 e. The summed E-state index contributed by atoms with van der Waals surface area (Å²) in [6, 6.07) is 7.64. The van der Waals surface area contributed by atoms with Crippen LogP contribution in [0.4, 0.5) is 5.69 Å². The van der Waals surface area contributed by atoms with E-state index >= 15 is 0 Å². The van der Waals surface area contributed by atoms with E-state index in [1.165, 1.54) is 0 Å². The van der Waals surface area contributed by atoms with Crippen molar-refractivity contribution >= 4 is 38.4 Å². The van der Waals surface area contributed by atoms with Gasteiger partial charge >= 0.3 is 0 Å². The molecule has 2 rings (SSSR count). The highest BCUT2D eigenvalue weighted by molar-refractivity contribution is 9.10. The molecule has 0 aliphatic carbocycles. The van der Waals surface area contributed by atoms with E-state index in [1.54, 1.807) is 6.20 Å². The number of nitrogens with one attached hydrogen (secondary N) is 1. The highest BCUT2D eigenvalue weighted by Gasteiger charge is 2.06. The molecule has 0 aliphatic rings. The van der Waals surface area contributed by atoms with Gasteiger partial charge in [-0.15, -0.1) is 0 Å². The normalized spacial score (nSPS) is 10.6. The number of carbonyl (C=O) groups is 1. The van der Waals surface area contributed by atoms with Gasteiger partial charge in [-0.25, -0.2) is 0 Å². The van der Waals surface area contributed by atoms with E-state index in [0.717, 1.165) is 21.1 Å². The Morgan fingerprint density at radius 1 is 1.37 bits per heavy atom. The number of nitrogens with zero attached hydrogens (tertiary/aromatic N) is 1. The number of rotatable bonds is 5. The number of halogens is 1. The third-order valence-corrected chi connectivity index (χ3v) is 3.20. The fourth-order valence-corrected chi connectivity index (χ4v) is 2.19. The van der Waals surface area contributed by atoms with Gasteiger partial charge in [-0.1, -0.05) is 12.1 Å². The lowest BCUT2D eigenvalue weighted by Crippen LogP contribution is -2.11. The van der Waals surface area contributed by atoms with Crippen LogP contribution in [0.3, 0.4) is 0 Å². The Morgan fingerprint density at radius 2 is 2.21 bits per heavy atom. The van der Waals surface area contributed by atoms with Crippen molar-refractivity contribution in [3.63, 3.8) is 0 Å². The minimum Gasteiger partial charge on any atom is -0.396 e. The van der Waals surface area contributed by atoms with Crippen LogP contribution in [0.2, 0.25) is 0 Å². The Balaban J connectivity index is 2.14. The number of fused-ring (bicyclic) bond motifs is 1. The molecule has 100 valence electrons. The van der Waals surface area contributed by atoms with Crippen LogP contribution in [0.25, 0.3) is 10.9 Å². The molecular formula is C14H15BrN2O2. The molecule has 0 radical (unpaired) electrons. The number of aromatic nitrogens is 1. The van der Waals surface area contributed by atoms with Crippen molar-refractivity contribution in [1.29, 1.82) is 0 Å². The second kappa shape index (κ2) is 6.63. The van der Waals surface area contributed by atoms with Gasteiger partial charge in [0.2, 0.25) is 5.91 Å². The fourth-order valence-electron chi connectivity index (χ4n) is 1.84. The molecule has 0 saturated heterocycles. The smallest absolute Gasteiger partial charge is 0.224 e. The predicted molar refractivity (Wildman–Crippen MR) is 79.0 cm³/mol. The van der Waals surface area contributed by atoms with Gasteiger partial charge in [-0.2, -0.15) is 0 Å². The van der Waals surface area contributed by atoms with E-state index in [-0.39, 0.29) is 12.5 Å². The molecular weight excluding hydrogens is 308 g/mol. The highest BCUT2D eigenvalue weighted by Crippen LogP contribution is 2.24. The minimum absolute atomic E-state index is 0.0503. The second-order valence-corrected chi connectivity index (χ2v) is 5.18. The van der Waals surface area contributed by atoms with Crippen LogP contribution in [-0.4, -0.2) is 22.6 Å². The van der Waals surface area contributed by atoms with Crippen molar-refractivity contribution in [2.45, 2.75) is 19.3 Å². The van der Waals surface area contributed by atoms with E-state index in [0.29, 0.717) is 19.3 Å². The Kier molecular flexibility index (Phi) is 4.87. The summed E-state index contributed by atoms with van der Waals surface area (Å²) in [7, 11) is 0. The van der Waals surface area contributed by atoms with Crippen molar-refractivity contribution in [1.82, 2.24) is 4.98 Å². The van der Waals surface area contributed by atoms with Crippen LogP contribution in [0.15, 0.2) is 34.9 Å². The Bertz CT molecular complexity index is 587. The first-order valence-electron chi connectivity index (χ1n) is 6.15. The molecule has 1 aromatic heterocycles. The maximum absolute atomic E-state index is 11.8. The number of hydrogen-bond donors (Lipinski definition) is 2. The summed E-state index contributed by atoms with van der Waals surface area (Å²) in [5.41, 5.74) is 1.50. The molecule has 0 bridgehead atoms. The van der Waals surface area contributed by atoms with Crippen molar-refractivity contribution < 1.29 is 9.90 Å². The molecule has 0 unspecified atom stereocenters. The summed E-state index contributed by atoms with van der Waals surface area (Å²) < 4.78 is 0.909. The van der Waals surface area contributed by atoms with Gasteiger partial charge in [0.15, 0.2) is 0 Å². The van der Waals surface area contributed by atoms with Crippen molar-refractivity contribution in [2.24, 2.45) is 0 Å². The highest BCUT2D eigenvalue weighted by atomic mass is 79.9. The predicted octanol–water partition coefficient (Wildman–Crippen LogP) is 3.10. The van der Waals surface area contributed by atoms with E-state index in [4.69, 9.17) is 5.11 Å². The average Bonchev–Trinajstić information content (AvgIpc) is 2.39. The molecule has 0 aliphatic heterocycles. The van der Waals surface area contributed by atoms with Gasteiger partial charge in [0.1, 0.15) is 0 Å².